The first kappa shape index (κ1) is 32.0. The van der Waals surface area contributed by atoms with E-state index >= 15 is 0 Å². The minimum absolute atomic E-state index is 0.896. The topological polar surface area (TPSA) is 22.8 Å². The lowest BCUT2D eigenvalue weighted by Crippen LogP contribution is -1.99. The van der Waals surface area contributed by atoms with Gasteiger partial charge in [0.15, 0.2) is 0 Å². The first-order valence-electron chi connectivity index (χ1n) is 19.1. The molecule has 56 heavy (non-hydrogen) atoms. The molecule has 0 aliphatic rings. The second-order valence-corrected chi connectivity index (χ2v) is 14.4. The predicted molar refractivity (Wildman–Crippen MR) is 235 cm³/mol. The van der Waals surface area contributed by atoms with Crippen molar-refractivity contribution >= 4 is 43.6 Å². The van der Waals surface area contributed by atoms with Crippen LogP contribution in [0.4, 0.5) is 0 Å². The van der Waals surface area contributed by atoms with Gasteiger partial charge in [0.2, 0.25) is 0 Å². The standard InChI is InChI=1S/C53H35N3/c1-4-16-36(17-5-1)40-32-41(37-18-6-2-7-19-37)34-42(33-40)55-49-27-12-11-23-45(49)47-25-14-24-43(53(47)55)39-30-31-46-44-22-10-13-28-50(44)56(51(46)35-39)52-29-15-26-48(54-52)38-20-8-3-9-21-38/h1-35H. The van der Waals surface area contributed by atoms with E-state index in [0.29, 0.717) is 0 Å². The second-order valence-electron chi connectivity index (χ2n) is 14.4. The van der Waals surface area contributed by atoms with Crippen LogP contribution in [-0.4, -0.2) is 14.1 Å². The molecular formula is C53H35N3. The third-order valence-corrected chi connectivity index (χ3v) is 11.1. The third kappa shape index (κ3) is 5.25. The Kier molecular flexibility index (Phi) is 7.49. The molecule has 0 unspecified atom stereocenters. The van der Waals surface area contributed by atoms with Crippen molar-refractivity contribution in [3.63, 3.8) is 0 Å². The third-order valence-electron chi connectivity index (χ3n) is 11.1. The maximum Gasteiger partial charge on any atom is 0.138 e. The van der Waals surface area contributed by atoms with E-state index in [2.05, 4.69) is 215 Å². The van der Waals surface area contributed by atoms with Gasteiger partial charge in [-0.15, -0.1) is 0 Å². The number of hydrogen-bond acceptors (Lipinski definition) is 1. The molecule has 0 aliphatic heterocycles. The molecule has 0 aliphatic carbocycles. The van der Waals surface area contributed by atoms with Crippen LogP contribution in [-0.2, 0) is 0 Å². The van der Waals surface area contributed by atoms with Gasteiger partial charge in [-0.1, -0.05) is 164 Å². The van der Waals surface area contributed by atoms with Gasteiger partial charge >= 0.3 is 0 Å². The van der Waals surface area contributed by atoms with Crippen molar-refractivity contribution in [1.82, 2.24) is 14.1 Å². The molecule has 11 aromatic rings. The highest BCUT2D eigenvalue weighted by atomic mass is 15.1. The summed E-state index contributed by atoms with van der Waals surface area (Å²) in [6, 6.07) is 76.3. The molecule has 3 heterocycles. The first-order valence-corrected chi connectivity index (χ1v) is 19.1. The SMILES string of the molecule is c1ccc(-c2cc(-c3ccccc3)cc(-n3c4ccccc4c4cccc(-c5ccc6c7ccccc7n(-c7cccc(-c8ccccc8)n7)c6c5)c43)c2)cc1. The summed E-state index contributed by atoms with van der Waals surface area (Å²) in [5.74, 6) is 0.896. The van der Waals surface area contributed by atoms with Crippen LogP contribution < -0.4 is 0 Å². The fourth-order valence-electron chi connectivity index (χ4n) is 8.56. The first-order chi connectivity index (χ1) is 27.8. The van der Waals surface area contributed by atoms with E-state index in [1.165, 1.54) is 60.4 Å². The van der Waals surface area contributed by atoms with E-state index in [9.17, 15) is 0 Å². The van der Waals surface area contributed by atoms with Crippen LogP contribution in [0.1, 0.15) is 0 Å². The number of nitrogens with zero attached hydrogens (tertiary/aromatic N) is 3. The van der Waals surface area contributed by atoms with Crippen molar-refractivity contribution in [2.24, 2.45) is 0 Å². The largest absolute Gasteiger partial charge is 0.309 e. The number of fused-ring (bicyclic) bond motifs is 6. The lowest BCUT2D eigenvalue weighted by molar-refractivity contribution is 1.08. The van der Waals surface area contributed by atoms with Gasteiger partial charge in [0.05, 0.1) is 27.8 Å². The molecular weight excluding hydrogens is 679 g/mol. The van der Waals surface area contributed by atoms with Gasteiger partial charge in [-0.2, -0.15) is 0 Å². The number of para-hydroxylation sites is 3. The molecule has 0 saturated carbocycles. The normalized spacial score (nSPS) is 11.6. The molecule has 0 saturated heterocycles. The Morgan fingerprint density at radius 2 is 0.839 bits per heavy atom. The molecule has 0 spiro atoms. The zero-order chi connectivity index (χ0) is 37.0. The minimum atomic E-state index is 0.896. The highest BCUT2D eigenvalue weighted by Crippen LogP contribution is 2.42. The molecule has 3 aromatic heterocycles. The van der Waals surface area contributed by atoms with Crippen molar-refractivity contribution in [3.8, 4) is 56.1 Å². The van der Waals surface area contributed by atoms with E-state index in [0.717, 1.165) is 39.4 Å². The van der Waals surface area contributed by atoms with E-state index in [1.807, 2.05) is 6.07 Å². The molecule has 0 N–H and O–H groups in total. The van der Waals surface area contributed by atoms with Gasteiger partial charge in [0, 0.05) is 38.4 Å². The lowest BCUT2D eigenvalue weighted by atomic mass is 9.97. The summed E-state index contributed by atoms with van der Waals surface area (Å²) in [7, 11) is 0. The lowest BCUT2D eigenvalue weighted by Gasteiger charge is -2.16. The monoisotopic (exact) mass is 713 g/mol. The smallest absolute Gasteiger partial charge is 0.138 e. The molecule has 0 radical (unpaired) electrons. The molecule has 11 rings (SSSR count). The van der Waals surface area contributed by atoms with Gasteiger partial charge in [0.25, 0.3) is 0 Å². The Hall–Kier alpha value is -7.49. The van der Waals surface area contributed by atoms with Crippen molar-refractivity contribution in [2.75, 3.05) is 0 Å². The molecule has 0 atom stereocenters. The van der Waals surface area contributed by atoms with Crippen LogP contribution in [0.2, 0.25) is 0 Å². The van der Waals surface area contributed by atoms with Gasteiger partial charge in [-0.3, -0.25) is 4.57 Å². The van der Waals surface area contributed by atoms with Crippen LogP contribution in [0.3, 0.4) is 0 Å². The molecule has 0 fully saturated rings. The van der Waals surface area contributed by atoms with Crippen LogP contribution in [0.15, 0.2) is 212 Å². The van der Waals surface area contributed by atoms with Gasteiger partial charge in [-0.25, -0.2) is 4.98 Å². The summed E-state index contributed by atoms with van der Waals surface area (Å²) in [6.07, 6.45) is 0. The summed E-state index contributed by atoms with van der Waals surface area (Å²) < 4.78 is 4.80. The minimum Gasteiger partial charge on any atom is -0.309 e. The number of benzene rings is 8. The second kappa shape index (κ2) is 13.1. The maximum atomic E-state index is 5.25. The summed E-state index contributed by atoms with van der Waals surface area (Å²) in [4.78, 5) is 5.25. The Morgan fingerprint density at radius 1 is 0.304 bits per heavy atom. The fourth-order valence-corrected chi connectivity index (χ4v) is 8.56. The van der Waals surface area contributed by atoms with Crippen molar-refractivity contribution in [3.05, 3.63) is 212 Å². The van der Waals surface area contributed by atoms with Crippen LogP contribution in [0, 0.1) is 0 Å². The predicted octanol–water partition coefficient (Wildman–Crippen LogP) is 13.9. The number of pyridine rings is 1. The summed E-state index contributed by atoms with van der Waals surface area (Å²) >= 11 is 0. The quantitative estimate of drug-likeness (QED) is 0.168. The van der Waals surface area contributed by atoms with E-state index in [4.69, 9.17) is 4.98 Å². The Morgan fingerprint density at radius 3 is 1.52 bits per heavy atom. The highest BCUT2D eigenvalue weighted by Gasteiger charge is 2.20. The van der Waals surface area contributed by atoms with Crippen molar-refractivity contribution in [2.45, 2.75) is 0 Å². The molecule has 0 amide bonds. The zero-order valence-electron chi connectivity index (χ0n) is 30.5. The molecule has 3 nitrogen and oxygen atoms in total. The average Bonchev–Trinajstić information content (AvgIpc) is 3.80. The Balaban J connectivity index is 1.18. The van der Waals surface area contributed by atoms with Crippen LogP contribution >= 0.6 is 0 Å². The Labute approximate surface area is 325 Å². The number of aromatic nitrogens is 3. The molecule has 3 heteroatoms. The zero-order valence-corrected chi connectivity index (χ0v) is 30.5. The van der Waals surface area contributed by atoms with Gasteiger partial charge in [-0.05, 0) is 76.3 Å². The summed E-state index contributed by atoms with van der Waals surface area (Å²) in [5.41, 5.74) is 14.9. The average molecular weight is 714 g/mol. The van der Waals surface area contributed by atoms with Crippen molar-refractivity contribution < 1.29 is 0 Å². The van der Waals surface area contributed by atoms with Crippen LogP contribution in [0.25, 0.3) is 99.8 Å². The van der Waals surface area contributed by atoms with E-state index in [-0.39, 0.29) is 0 Å². The summed E-state index contributed by atoms with van der Waals surface area (Å²) in [6.45, 7) is 0. The molecule has 0 bridgehead atoms. The Bertz CT molecular complexity index is 3170. The maximum absolute atomic E-state index is 5.25. The van der Waals surface area contributed by atoms with Gasteiger partial charge in [0.1, 0.15) is 5.82 Å². The number of rotatable bonds is 6. The molecule has 262 valence electrons. The molecule has 8 aromatic carbocycles. The van der Waals surface area contributed by atoms with E-state index in [1.54, 1.807) is 0 Å². The van der Waals surface area contributed by atoms with Gasteiger partial charge < -0.3 is 4.57 Å². The number of hydrogen-bond donors (Lipinski definition) is 0. The summed E-state index contributed by atoms with van der Waals surface area (Å²) in [5, 5.41) is 4.86. The van der Waals surface area contributed by atoms with Crippen molar-refractivity contribution in [1.29, 1.82) is 0 Å². The highest BCUT2D eigenvalue weighted by molar-refractivity contribution is 6.15. The van der Waals surface area contributed by atoms with E-state index < -0.39 is 0 Å². The fraction of sp³-hybridized carbons (Fsp3) is 0. The van der Waals surface area contributed by atoms with Crippen LogP contribution in [0.5, 0.6) is 0 Å².